The number of amides is 2. The van der Waals surface area contributed by atoms with Crippen molar-refractivity contribution in [2.75, 3.05) is 10.2 Å². The van der Waals surface area contributed by atoms with Crippen molar-refractivity contribution in [3.63, 3.8) is 0 Å². The summed E-state index contributed by atoms with van der Waals surface area (Å²) in [7, 11) is 0. The predicted octanol–water partition coefficient (Wildman–Crippen LogP) is 5.58. The van der Waals surface area contributed by atoms with E-state index in [1.54, 1.807) is 35.7 Å². The summed E-state index contributed by atoms with van der Waals surface area (Å²) in [6.07, 6.45) is 2.87. The van der Waals surface area contributed by atoms with Crippen LogP contribution in [0.1, 0.15) is 18.2 Å². The minimum Gasteiger partial charge on any atom is -0.322 e. The van der Waals surface area contributed by atoms with Crippen molar-refractivity contribution >= 4 is 57.3 Å². The van der Waals surface area contributed by atoms with Gasteiger partial charge in [0.1, 0.15) is 5.82 Å². The smallest absolute Gasteiger partial charge is 0.248 e. The largest absolute Gasteiger partial charge is 0.322 e. The molecule has 1 heterocycles. The van der Waals surface area contributed by atoms with E-state index in [0.717, 1.165) is 5.56 Å². The third-order valence-corrected chi connectivity index (χ3v) is 5.04. The monoisotopic (exact) mass is 429 g/mol. The normalized spacial score (nSPS) is 10.9. The van der Waals surface area contributed by atoms with Gasteiger partial charge in [-0.05, 0) is 48.9 Å². The van der Waals surface area contributed by atoms with E-state index in [9.17, 15) is 14.0 Å². The van der Waals surface area contributed by atoms with E-state index < -0.39 is 5.82 Å². The van der Waals surface area contributed by atoms with Crippen molar-refractivity contribution in [1.29, 1.82) is 0 Å². The molecule has 29 heavy (non-hydrogen) atoms. The van der Waals surface area contributed by atoms with E-state index in [0.29, 0.717) is 21.5 Å². The lowest BCUT2D eigenvalue weighted by Gasteiger charge is -2.18. The maximum atomic E-state index is 14.1. The molecule has 0 saturated heterocycles. The molecule has 0 bridgehead atoms. The molecule has 8 heteroatoms. The van der Waals surface area contributed by atoms with Gasteiger partial charge in [0.15, 0.2) is 5.13 Å². The van der Waals surface area contributed by atoms with Crippen LogP contribution in [-0.4, -0.2) is 16.8 Å². The zero-order chi connectivity index (χ0) is 21.0. The first-order chi connectivity index (χ1) is 13.8. The molecule has 2 amide bonds. The van der Waals surface area contributed by atoms with Gasteiger partial charge >= 0.3 is 0 Å². The molecule has 2 aromatic carbocycles. The minimum atomic E-state index is -0.521. The molecule has 148 valence electrons. The number of carbonyl (C=O) groups excluding carboxylic acids is 2. The number of thiazole rings is 1. The highest BCUT2D eigenvalue weighted by Gasteiger charge is 2.20. The first-order valence-corrected chi connectivity index (χ1v) is 9.87. The van der Waals surface area contributed by atoms with Crippen molar-refractivity contribution in [1.82, 2.24) is 4.98 Å². The summed E-state index contributed by atoms with van der Waals surface area (Å²) in [6.45, 7) is 3.18. The topological polar surface area (TPSA) is 62.3 Å². The quantitative estimate of drug-likeness (QED) is 0.538. The molecule has 5 nitrogen and oxygen atoms in total. The Balaban J connectivity index is 1.76. The number of carbonyl (C=O) groups is 2. The zero-order valence-corrected chi connectivity index (χ0v) is 17.2. The number of anilines is 3. The van der Waals surface area contributed by atoms with Gasteiger partial charge in [-0.15, -0.1) is 11.3 Å². The number of para-hydroxylation sites is 1. The number of halogens is 2. The molecule has 0 atom stereocenters. The van der Waals surface area contributed by atoms with Gasteiger partial charge in [-0.2, -0.15) is 0 Å². The fourth-order valence-corrected chi connectivity index (χ4v) is 3.67. The molecule has 0 aliphatic rings. The second kappa shape index (κ2) is 8.98. The van der Waals surface area contributed by atoms with Crippen LogP contribution in [0.5, 0.6) is 0 Å². The van der Waals surface area contributed by atoms with Crippen molar-refractivity contribution in [2.45, 2.75) is 13.8 Å². The van der Waals surface area contributed by atoms with Crippen LogP contribution in [0.15, 0.2) is 53.9 Å². The Morgan fingerprint density at radius 3 is 2.69 bits per heavy atom. The summed E-state index contributed by atoms with van der Waals surface area (Å²) < 4.78 is 14.1. The molecule has 0 fully saturated rings. The standard InChI is InChI=1S/C21H17ClFN3O2S/c1-13-11-15(22)7-9-18(13)25-20(28)10-8-16-12-29-21(24-16)26(14(2)27)19-6-4-3-5-17(19)23/h3-12H,1-2H3,(H,25,28)/b10-8+. The summed E-state index contributed by atoms with van der Waals surface area (Å²) >= 11 is 7.09. The average Bonchev–Trinajstić information content (AvgIpc) is 3.12. The molecule has 0 aliphatic heterocycles. The molecule has 3 rings (SSSR count). The van der Waals surface area contributed by atoms with E-state index in [-0.39, 0.29) is 17.5 Å². The second-order valence-corrected chi connectivity index (χ2v) is 7.42. The number of aryl methyl sites for hydroxylation is 1. The van der Waals surface area contributed by atoms with Gasteiger partial charge in [-0.1, -0.05) is 23.7 Å². The van der Waals surface area contributed by atoms with Crippen molar-refractivity contribution in [3.8, 4) is 0 Å². The number of rotatable bonds is 5. The summed E-state index contributed by atoms with van der Waals surface area (Å²) in [5.74, 6) is -1.22. The predicted molar refractivity (Wildman–Crippen MR) is 115 cm³/mol. The summed E-state index contributed by atoms with van der Waals surface area (Å²) in [6, 6.07) is 11.2. The van der Waals surface area contributed by atoms with Gasteiger partial charge in [0.2, 0.25) is 11.8 Å². The first kappa shape index (κ1) is 20.7. The van der Waals surface area contributed by atoms with E-state index in [1.807, 2.05) is 6.92 Å². The van der Waals surface area contributed by atoms with Gasteiger partial charge < -0.3 is 5.32 Å². The third kappa shape index (κ3) is 5.07. The van der Waals surface area contributed by atoms with Crippen molar-refractivity contribution < 1.29 is 14.0 Å². The molecule has 1 N–H and O–H groups in total. The summed E-state index contributed by atoms with van der Waals surface area (Å²) in [4.78, 5) is 29.8. The average molecular weight is 430 g/mol. The maximum Gasteiger partial charge on any atom is 0.248 e. The fourth-order valence-electron chi connectivity index (χ4n) is 2.60. The molecule has 0 saturated carbocycles. The summed E-state index contributed by atoms with van der Waals surface area (Å²) in [5, 5.41) is 5.36. The minimum absolute atomic E-state index is 0.126. The lowest BCUT2D eigenvalue weighted by Crippen LogP contribution is -2.23. The van der Waals surface area contributed by atoms with Crippen LogP contribution < -0.4 is 10.2 Å². The Morgan fingerprint density at radius 2 is 2.00 bits per heavy atom. The number of nitrogens with one attached hydrogen (secondary N) is 1. The SMILES string of the molecule is CC(=O)N(c1nc(/C=C/C(=O)Nc2ccc(Cl)cc2C)cs1)c1ccccc1F. The Morgan fingerprint density at radius 1 is 1.24 bits per heavy atom. The van der Waals surface area contributed by atoms with Crippen LogP contribution in [0.3, 0.4) is 0 Å². The molecule has 0 radical (unpaired) electrons. The van der Waals surface area contributed by atoms with Gasteiger partial charge in [0, 0.05) is 29.1 Å². The molecule has 3 aromatic rings. The highest BCUT2D eigenvalue weighted by Crippen LogP contribution is 2.31. The lowest BCUT2D eigenvalue weighted by atomic mass is 10.2. The summed E-state index contributed by atoms with van der Waals surface area (Å²) in [5.41, 5.74) is 2.11. The van der Waals surface area contributed by atoms with Crippen LogP contribution >= 0.6 is 22.9 Å². The van der Waals surface area contributed by atoms with E-state index in [1.165, 1.54) is 47.4 Å². The van der Waals surface area contributed by atoms with Crippen LogP contribution in [0.25, 0.3) is 6.08 Å². The highest BCUT2D eigenvalue weighted by atomic mass is 35.5. The van der Waals surface area contributed by atoms with E-state index >= 15 is 0 Å². The number of benzene rings is 2. The Labute approximate surface area is 176 Å². The number of nitrogens with zero attached hydrogens (tertiary/aromatic N) is 2. The van der Waals surface area contributed by atoms with Gasteiger partial charge in [-0.3, -0.25) is 14.5 Å². The highest BCUT2D eigenvalue weighted by molar-refractivity contribution is 7.14. The Kier molecular flexibility index (Phi) is 6.41. The van der Waals surface area contributed by atoms with Crippen LogP contribution in [0, 0.1) is 12.7 Å². The molecule has 0 spiro atoms. The number of hydrogen-bond acceptors (Lipinski definition) is 4. The van der Waals surface area contributed by atoms with Gasteiger partial charge in [0.05, 0.1) is 11.4 Å². The first-order valence-electron chi connectivity index (χ1n) is 8.61. The Bertz CT molecular complexity index is 1100. The molecule has 0 unspecified atom stereocenters. The van der Waals surface area contributed by atoms with E-state index in [4.69, 9.17) is 11.6 Å². The van der Waals surface area contributed by atoms with Crippen molar-refractivity contribution in [3.05, 3.63) is 76.0 Å². The molecule has 0 aliphatic carbocycles. The third-order valence-electron chi connectivity index (χ3n) is 3.96. The second-order valence-electron chi connectivity index (χ2n) is 6.14. The van der Waals surface area contributed by atoms with Gasteiger partial charge in [-0.25, -0.2) is 9.37 Å². The number of hydrogen-bond donors (Lipinski definition) is 1. The van der Waals surface area contributed by atoms with Crippen LogP contribution in [-0.2, 0) is 9.59 Å². The fraction of sp³-hybridized carbons (Fsp3) is 0.0952. The molecular weight excluding hydrogens is 413 g/mol. The van der Waals surface area contributed by atoms with Crippen molar-refractivity contribution in [2.24, 2.45) is 0 Å². The maximum absolute atomic E-state index is 14.1. The number of aromatic nitrogens is 1. The Hall–Kier alpha value is -3.03. The van der Waals surface area contributed by atoms with Crippen LogP contribution in [0.2, 0.25) is 5.02 Å². The molecule has 1 aromatic heterocycles. The van der Waals surface area contributed by atoms with E-state index in [2.05, 4.69) is 10.3 Å². The van der Waals surface area contributed by atoms with Gasteiger partial charge in [0.25, 0.3) is 0 Å². The molecular formula is C21H17ClFN3O2S. The van der Waals surface area contributed by atoms with Crippen LogP contribution in [0.4, 0.5) is 20.9 Å². The zero-order valence-electron chi connectivity index (χ0n) is 15.6. The lowest BCUT2D eigenvalue weighted by molar-refractivity contribution is -0.116.